The second-order valence-corrected chi connectivity index (χ2v) is 8.11. The van der Waals surface area contributed by atoms with Crippen molar-refractivity contribution in [1.82, 2.24) is 14.8 Å². The van der Waals surface area contributed by atoms with E-state index in [0.717, 1.165) is 24.0 Å². The SMILES string of the molecule is O=C(CCN1CCN(C(=O)c2cc3ccccc3[nH]2)CC1)Nc1c(Cl)cccc1Cl. The molecule has 30 heavy (non-hydrogen) atoms. The number of rotatable bonds is 5. The van der Waals surface area contributed by atoms with Gasteiger partial charge < -0.3 is 15.2 Å². The number of carbonyl (C=O) groups excluding carboxylic acids is 2. The number of nitrogens with zero attached hydrogens (tertiary/aromatic N) is 2. The van der Waals surface area contributed by atoms with Crippen molar-refractivity contribution in [3.8, 4) is 0 Å². The van der Waals surface area contributed by atoms with Gasteiger partial charge in [0.2, 0.25) is 5.91 Å². The quantitative estimate of drug-likeness (QED) is 0.617. The van der Waals surface area contributed by atoms with E-state index < -0.39 is 0 Å². The van der Waals surface area contributed by atoms with E-state index >= 15 is 0 Å². The van der Waals surface area contributed by atoms with Crippen molar-refractivity contribution < 1.29 is 9.59 Å². The van der Waals surface area contributed by atoms with Crippen molar-refractivity contribution >= 4 is 51.6 Å². The first-order valence-electron chi connectivity index (χ1n) is 9.84. The van der Waals surface area contributed by atoms with Crippen LogP contribution in [0.25, 0.3) is 10.9 Å². The van der Waals surface area contributed by atoms with Gasteiger partial charge in [0.25, 0.3) is 5.91 Å². The first-order chi connectivity index (χ1) is 14.5. The number of nitrogens with one attached hydrogen (secondary N) is 2. The summed E-state index contributed by atoms with van der Waals surface area (Å²) in [4.78, 5) is 32.3. The van der Waals surface area contributed by atoms with Crippen LogP contribution in [0.4, 0.5) is 5.69 Å². The zero-order valence-corrected chi connectivity index (χ0v) is 17.8. The number of anilines is 1. The van der Waals surface area contributed by atoms with Crippen molar-refractivity contribution in [3.05, 3.63) is 64.3 Å². The fourth-order valence-electron chi connectivity index (χ4n) is 3.61. The Morgan fingerprint density at radius 1 is 0.967 bits per heavy atom. The summed E-state index contributed by atoms with van der Waals surface area (Å²) in [6.45, 7) is 3.33. The first kappa shape index (κ1) is 20.7. The zero-order chi connectivity index (χ0) is 21.1. The lowest BCUT2D eigenvalue weighted by molar-refractivity contribution is -0.116. The molecular formula is C22H22Cl2N4O2. The van der Waals surface area contributed by atoms with Gasteiger partial charge in [-0.1, -0.05) is 47.5 Å². The van der Waals surface area contributed by atoms with Crippen LogP contribution in [0.2, 0.25) is 10.0 Å². The lowest BCUT2D eigenvalue weighted by atomic mass is 10.2. The minimum absolute atomic E-state index is 0.0111. The minimum Gasteiger partial charge on any atom is -0.351 e. The number of fused-ring (bicyclic) bond motifs is 1. The molecule has 1 fully saturated rings. The number of aromatic nitrogens is 1. The number of amides is 2. The highest BCUT2D eigenvalue weighted by atomic mass is 35.5. The molecule has 2 heterocycles. The third kappa shape index (κ3) is 4.61. The number of carbonyl (C=O) groups is 2. The molecule has 4 rings (SSSR count). The fraction of sp³-hybridized carbons (Fsp3) is 0.273. The van der Waals surface area contributed by atoms with E-state index in [0.29, 0.717) is 47.5 Å². The van der Waals surface area contributed by atoms with E-state index in [1.807, 2.05) is 35.2 Å². The van der Waals surface area contributed by atoms with Gasteiger partial charge in [-0.15, -0.1) is 0 Å². The Morgan fingerprint density at radius 3 is 2.37 bits per heavy atom. The number of piperazine rings is 1. The second-order valence-electron chi connectivity index (χ2n) is 7.30. The largest absolute Gasteiger partial charge is 0.351 e. The van der Waals surface area contributed by atoms with Crippen molar-refractivity contribution in [1.29, 1.82) is 0 Å². The molecule has 156 valence electrons. The highest BCUT2D eigenvalue weighted by molar-refractivity contribution is 6.39. The summed E-state index contributed by atoms with van der Waals surface area (Å²) in [5, 5.41) is 4.65. The highest BCUT2D eigenvalue weighted by Gasteiger charge is 2.23. The molecule has 1 aliphatic rings. The molecule has 0 atom stereocenters. The first-order valence-corrected chi connectivity index (χ1v) is 10.6. The summed E-state index contributed by atoms with van der Waals surface area (Å²) in [6, 6.07) is 14.9. The minimum atomic E-state index is -0.137. The highest BCUT2D eigenvalue weighted by Crippen LogP contribution is 2.29. The third-order valence-electron chi connectivity index (χ3n) is 5.30. The van der Waals surface area contributed by atoms with Gasteiger partial charge in [-0.2, -0.15) is 0 Å². The molecule has 0 radical (unpaired) electrons. The number of benzene rings is 2. The van der Waals surface area contributed by atoms with Crippen molar-refractivity contribution in [3.63, 3.8) is 0 Å². The third-order valence-corrected chi connectivity index (χ3v) is 5.93. The van der Waals surface area contributed by atoms with Crippen LogP contribution in [-0.4, -0.2) is 59.3 Å². The van der Waals surface area contributed by atoms with Crippen molar-refractivity contribution in [2.24, 2.45) is 0 Å². The molecule has 0 unspecified atom stereocenters. The molecule has 1 saturated heterocycles. The van der Waals surface area contributed by atoms with E-state index in [-0.39, 0.29) is 11.8 Å². The molecule has 0 saturated carbocycles. The summed E-state index contributed by atoms with van der Waals surface area (Å²) in [5.41, 5.74) is 2.02. The van der Waals surface area contributed by atoms with Gasteiger partial charge in [-0.25, -0.2) is 0 Å². The average Bonchev–Trinajstić information content (AvgIpc) is 3.19. The number of hydrogen-bond donors (Lipinski definition) is 2. The van der Waals surface area contributed by atoms with Crippen molar-refractivity contribution in [2.45, 2.75) is 6.42 Å². The Morgan fingerprint density at radius 2 is 1.67 bits per heavy atom. The normalized spacial score (nSPS) is 14.8. The smallest absolute Gasteiger partial charge is 0.270 e. The Balaban J connectivity index is 1.26. The lowest BCUT2D eigenvalue weighted by Crippen LogP contribution is -2.49. The number of aromatic amines is 1. The van der Waals surface area contributed by atoms with E-state index in [4.69, 9.17) is 23.2 Å². The predicted octanol–water partition coefficient (Wildman–Crippen LogP) is 4.26. The Kier molecular flexibility index (Phi) is 6.27. The summed E-state index contributed by atoms with van der Waals surface area (Å²) >= 11 is 12.2. The monoisotopic (exact) mass is 444 g/mol. The molecule has 6 nitrogen and oxygen atoms in total. The van der Waals surface area contributed by atoms with Gasteiger partial charge in [-0.05, 0) is 24.3 Å². The molecule has 1 aliphatic heterocycles. The maximum atomic E-state index is 12.8. The van der Waals surface area contributed by atoms with E-state index in [2.05, 4.69) is 15.2 Å². The van der Waals surface area contributed by atoms with Gasteiger partial charge in [-0.3, -0.25) is 14.5 Å². The molecule has 2 aromatic carbocycles. The molecule has 0 aliphatic carbocycles. The summed E-state index contributed by atoms with van der Waals surface area (Å²) in [6.07, 6.45) is 0.331. The van der Waals surface area contributed by atoms with E-state index in [1.54, 1.807) is 18.2 Å². The number of para-hydroxylation sites is 2. The maximum Gasteiger partial charge on any atom is 0.270 e. The van der Waals surface area contributed by atoms with Crippen LogP contribution in [0.1, 0.15) is 16.9 Å². The Labute approximate surface area is 184 Å². The second kappa shape index (κ2) is 9.08. The standard InChI is InChI=1S/C22H22Cl2N4O2/c23-16-5-3-6-17(24)21(16)26-20(29)8-9-27-10-12-28(13-11-27)22(30)19-14-15-4-1-2-7-18(15)25-19/h1-7,14,25H,8-13H2,(H,26,29). The molecule has 0 spiro atoms. The van der Waals surface area contributed by atoms with Gasteiger partial charge in [0.15, 0.2) is 0 Å². The summed E-state index contributed by atoms with van der Waals surface area (Å²) < 4.78 is 0. The van der Waals surface area contributed by atoms with Crippen LogP contribution in [0.3, 0.4) is 0 Å². The number of H-pyrrole nitrogens is 1. The van der Waals surface area contributed by atoms with Crippen LogP contribution in [-0.2, 0) is 4.79 Å². The molecule has 0 bridgehead atoms. The molecule has 2 N–H and O–H groups in total. The maximum absolute atomic E-state index is 12.8. The Hall–Kier alpha value is -2.54. The van der Waals surface area contributed by atoms with Crippen LogP contribution < -0.4 is 5.32 Å². The Bertz CT molecular complexity index is 1020. The zero-order valence-electron chi connectivity index (χ0n) is 16.3. The van der Waals surface area contributed by atoms with E-state index in [1.165, 1.54) is 0 Å². The molecule has 2 amide bonds. The topological polar surface area (TPSA) is 68.4 Å². The summed E-state index contributed by atoms with van der Waals surface area (Å²) in [7, 11) is 0. The van der Waals surface area contributed by atoms with Gasteiger partial charge in [0.1, 0.15) is 5.69 Å². The van der Waals surface area contributed by atoms with Gasteiger partial charge in [0.05, 0.1) is 15.7 Å². The average molecular weight is 445 g/mol. The molecular weight excluding hydrogens is 423 g/mol. The molecule has 3 aromatic rings. The number of hydrogen-bond acceptors (Lipinski definition) is 3. The van der Waals surface area contributed by atoms with Crippen LogP contribution in [0.15, 0.2) is 48.5 Å². The molecule has 8 heteroatoms. The van der Waals surface area contributed by atoms with Crippen LogP contribution >= 0.6 is 23.2 Å². The van der Waals surface area contributed by atoms with Gasteiger partial charge in [0, 0.05) is 50.0 Å². The van der Waals surface area contributed by atoms with Crippen LogP contribution in [0.5, 0.6) is 0 Å². The van der Waals surface area contributed by atoms with E-state index in [9.17, 15) is 9.59 Å². The van der Waals surface area contributed by atoms with Gasteiger partial charge >= 0.3 is 0 Å². The lowest BCUT2D eigenvalue weighted by Gasteiger charge is -2.34. The fourth-order valence-corrected chi connectivity index (χ4v) is 4.10. The van der Waals surface area contributed by atoms with Crippen molar-refractivity contribution in [2.75, 3.05) is 38.0 Å². The predicted molar refractivity (Wildman–Crippen MR) is 120 cm³/mol. The summed E-state index contributed by atoms with van der Waals surface area (Å²) in [5.74, 6) is -0.126. The molecule has 1 aromatic heterocycles. The number of halogens is 2. The van der Waals surface area contributed by atoms with Crippen LogP contribution in [0, 0.1) is 0 Å².